The van der Waals surface area contributed by atoms with E-state index in [9.17, 15) is 4.79 Å². The van der Waals surface area contributed by atoms with Crippen LogP contribution in [0.2, 0.25) is 0 Å². The lowest BCUT2D eigenvalue weighted by Gasteiger charge is -2.11. The molecule has 0 N–H and O–H groups in total. The molecule has 2 rings (SSSR count). The maximum Gasteiger partial charge on any atom is 0.129 e. The maximum absolute atomic E-state index is 10.6. The van der Waals surface area contributed by atoms with E-state index in [1.54, 1.807) is 0 Å². The van der Waals surface area contributed by atoms with Crippen molar-refractivity contribution >= 4 is 6.29 Å². The molecule has 1 aliphatic heterocycles. The van der Waals surface area contributed by atoms with Crippen molar-refractivity contribution in [1.29, 1.82) is 0 Å². The van der Waals surface area contributed by atoms with Crippen molar-refractivity contribution in [3.8, 4) is 0 Å². The first-order valence-corrected chi connectivity index (χ1v) is 4.82. The molecule has 0 amide bonds. The highest BCUT2D eigenvalue weighted by molar-refractivity contribution is 5.55. The summed E-state index contributed by atoms with van der Waals surface area (Å²) in [5, 5.41) is 0. The van der Waals surface area contributed by atoms with Crippen LogP contribution < -0.4 is 0 Å². The van der Waals surface area contributed by atoms with Crippen LogP contribution in [0.3, 0.4) is 0 Å². The van der Waals surface area contributed by atoms with Crippen molar-refractivity contribution in [2.75, 3.05) is 0 Å². The van der Waals surface area contributed by atoms with Crippen LogP contribution in [-0.4, -0.2) is 11.9 Å². The van der Waals surface area contributed by atoms with Crippen LogP contribution in [0.25, 0.3) is 0 Å². The molecule has 2 nitrogen and oxygen atoms in total. The van der Waals surface area contributed by atoms with Crippen molar-refractivity contribution < 1.29 is 9.53 Å². The summed E-state index contributed by atoms with van der Waals surface area (Å²) in [6.45, 7) is 4.03. The summed E-state index contributed by atoms with van der Waals surface area (Å²) in [4.78, 5) is 10.6. The zero-order chi connectivity index (χ0) is 10.2. The Labute approximate surface area is 83.9 Å². The molecule has 1 atom stereocenters. The summed E-state index contributed by atoms with van der Waals surface area (Å²) in [6.07, 6.45) is 1.37. The third-order valence-electron chi connectivity index (χ3n) is 2.97. The number of ether oxygens (including phenoxy) is 1. The van der Waals surface area contributed by atoms with Crippen molar-refractivity contribution in [2.45, 2.75) is 31.5 Å². The van der Waals surface area contributed by atoms with Gasteiger partial charge < -0.3 is 9.53 Å². The number of carbonyl (C=O) groups excluding carboxylic acids is 1. The topological polar surface area (TPSA) is 29.6 Å². The Morgan fingerprint density at radius 3 is 2.29 bits per heavy atom. The number of hydrogen-bond acceptors (Lipinski definition) is 2. The minimum atomic E-state index is -0.379. The number of aldehydes is 1. The summed E-state index contributed by atoms with van der Waals surface area (Å²) in [7, 11) is 0. The number of rotatable bonds is 3. The Kier molecular flexibility index (Phi) is 1.96. The molecule has 14 heavy (non-hydrogen) atoms. The van der Waals surface area contributed by atoms with Crippen LogP contribution in [0.5, 0.6) is 0 Å². The SMILES string of the molecule is CC1(C)OC1(CC=O)c1ccccc1. The highest BCUT2D eigenvalue weighted by Gasteiger charge is 2.64. The minimum absolute atomic E-state index is 0.213. The first kappa shape index (κ1) is 9.41. The smallest absolute Gasteiger partial charge is 0.129 e. The summed E-state index contributed by atoms with van der Waals surface area (Å²) in [5.74, 6) is 0. The van der Waals surface area contributed by atoms with Gasteiger partial charge in [0.25, 0.3) is 0 Å². The van der Waals surface area contributed by atoms with Crippen molar-refractivity contribution in [2.24, 2.45) is 0 Å². The van der Waals surface area contributed by atoms with Crippen LogP contribution >= 0.6 is 0 Å². The van der Waals surface area contributed by atoms with Crippen LogP contribution in [0, 0.1) is 0 Å². The van der Waals surface area contributed by atoms with E-state index in [1.807, 2.05) is 44.2 Å². The van der Waals surface area contributed by atoms with E-state index < -0.39 is 0 Å². The molecule has 1 saturated heterocycles. The average molecular weight is 190 g/mol. The third kappa shape index (κ3) is 1.18. The van der Waals surface area contributed by atoms with E-state index in [0.29, 0.717) is 6.42 Å². The van der Waals surface area contributed by atoms with Crippen LogP contribution in [-0.2, 0) is 15.1 Å². The molecule has 1 aromatic carbocycles. The lowest BCUT2D eigenvalue weighted by Crippen LogP contribution is -2.18. The van der Waals surface area contributed by atoms with Gasteiger partial charge in [0.15, 0.2) is 0 Å². The molecule has 1 aromatic rings. The molecule has 0 radical (unpaired) electrons. The molecular weight excluding hydrogens is 176 g/mol. The fraction of sp³-hybridized carbons (Fsp3) is 0.417. The summed E-state index contributed by atoms with van der Waals surface area (Å²) < 4.78 is 5.69. The molecule has 0 bridgehead atoms. The Morgan fingerprint density at radius 2 is 1.86 bits per heavy atom. The number of hydrogen-bond donors (Lipinski definition) is 0. The monoisotopic (exact) mass is 190 g/mol. The van der Waals surface area contributed by atoms with E-state index in [-0.39, 0.29) is 11.2 Å². The average Bonchev–Trinajstić information content (AvgIpc) is 2.72. The van der Waals surface area contributed by atoms with Crippen molar-refractivity contribution in [1.82, 2.24) is 0 Å². The molecule has 1 aliphatic rings. The number of epoxide rings is 1. The molecule has 74 valence electrons. The zero-order valence-electron chi connectivity index (χ0n) is 8.49. The van der Waals surface area contributed by atoms with E-state index >= 15 is 0 Å². The Balaban J connectivity index is 2.36. The molecular formula is C12H14O2. The Bertz CT molecular complexity index is 343. The van der Waals surface area contributed by atoms with Gasteiger partial charge >= 0.3 is 0 Å². The minimum Gasteiger partial charge on any atom is -0.358 e. The number of benzene rings is 1. The molecule has 1 unspecified atom stereocenters. The van der Waals surface area contributed by atoms with Gasteiger partial charge in [-0.25, -0.2) is 0 Å². The second-order valence-corrected chi connectivity index (χ2v) is 4.18. The molecule has 1 heterocycles. The van der Waals surface area contributed by atoms with E-state index in [1.165, 1.54) is 0 Å². The van der Waals surface area contributed by atoms with Crippen LogP contribution in [0.4, 0.5) is 0 Å². The lowest BCUT2D eigenvalue weighted by atomic mass is 9.86. The van der Waals surface area contributed by atoms with Gasteiger partial charge in [-0.2, -0.15) is 0 Å². The summed E-state index contributed by atoms with van der Waals surface area (Å²) in [5.41, 5.74) is 0.503. The second kappa shape index (κ2) is 2.92. The predicted molar refractivity (Wildman–Crippen MR) is 54.0 cm³/mol. The maximum atomic E-state index is 10.6. The van der Waals surface area contributed by atoms with Crippen molar-refractivity contribution in [3.63, 3.8) is 0 Å². The molecule has 1 fully saturated rings. The molecule has 0 spiro atoms. The lowest BCUT2D eigenvalue weighted by molar-refractivity contribution is -0.108. The first-order valence-electron chi connectivity index (χ1n) is 4.82. The standard InChI is InChI=1S/C12H14O2/c1-11(2)12(14-11,8-9-13)10-6-4-3-5-7-10/h3-7,9H,8H2,1-2H3. The van der Waals surface area contributed by atoms with Gasteiger partial charge in [0, 0.05) is 6.42 Å². The fourth-order valence-electron chi connectivity index (χ4n) is 2.05. The molecule has 0 aromatic heterocycles. The summed E-state index contributed by atoms with van der Waals surface area (Å²) >= 11 is 0. The number of carbonyl (C=O) groups is 1. The fourth-order valence-corrected chi connectivity index (χ4v) is 2.05. The van der Waals surface area contributed by atoms with Gasteiger partial charge in [0.2, 0.25) is 0 Å². The quantitative estimate of drug-likeness (QED) is 0.540. The summed E-state index contributed by atoms with van der Waals surface area (Å²) in [6, 6.07) is 9.93. The Morgan fingerprint density at radius 1 is 1.29 bits per heavy atom. The second-order valence-electron chi connectivity index (χ2n) is 4.18. The third-order valence-corrected chi connectivity index (χ3v) is 2.97. The molecule has 2 heteroatoms. The van der Waals surface area contributed by atoms with E-state index in [0.717, 1.165) is 11.8 Å². The largest absolute Gasteiger partial charge is 0.358 e. The van der Waals surface area contributed by atoms with Gasteiger partial charge in [-0.3, -0.25) is 0 Å². The van der Waals surface area contributed by atoms with Gasteiger partial charge in [-0.15, -0.1) is 0 Å². The van der Waals surface area contributed by atoms with Gasteiger partial charge in [0.05, 0.1) is 5.60 Å². The highest BCUT2D eigenvalue weighted by atomic mass is 16.6. The molecule has 0 saturated carbocycles. The van der Waals surface area contributed by atoms with Crippen LogP contribution in [0.1, 0.15) is 25.8 Å². The zero-order valence-corrected chi connectivity index (χ0v) is 8.49. The first-order chi connectivity index (χ1) is 6.62. The van der Waals surface area contributed by atoms with Gasteiger partial charge in [-0.1, -0.05) is 30.3 Å². The van der Waals surface area contributed by atoms with Gasteiger partial charge in [-0.05, 0) is 19.4 Å². The van der Waals surface area contributed by atoms with Gasteiger partial charge in [0.1, 0.15) is 11.9 Å². The highest BCUT2D eigenvalue weighted by Crippen LogP contribution is 2.57. The van der Waals surface area contributed by atoms with E-state index in [4.69, 9.17) is 4.74 Å². The normalized spacial score (nSPS) is 28.4. The van der Waals surface area contributed by atoms with Crippen LogP contribution in [0.15, 0.2) is 30.3 Å². The predicted octanol–water partition coefficient (Wildman–Crippen LogP) is 2.28. The van der Waals surface area contributed by atoms with Crippen molar-refractivity contribution in [3.05, 3.63) is 35.9 Å². The Hall–Kier alpha value is -1.15. The molecule has 0 aliphatic carbocycles. The van der Waals surface area contributed by atoms with E-state index in [2.05, 4.69) is 0 Å².